The summed E-state index contributed by atoms with van der Waals surface area (Å²) in [6, 6.07) is 12.3. The lowest BCUT2D eigenvalue weighted by molar-refractivity contribution is 0.0416. The van der Waals surface area contributed by atoms with Crippen LogP contribution in [0.25, 0.3) is 22.1 Å². The Morgan fingerprint density at radius 2 is 1.72 bits per heavy atom. The number of fused-ring (bicyclic) bond motifs is 1. The summed E-state index contributed by atoms with van der Waals surface area (Å²) in [5.41, 5.74) is 1.97. The first-order valence-corrected chi connectivity index (χ1v) is 9.33. The maximum atomic E-state index is 12.7. The Labute approximate surface area is 167 Å². The molecule has 0 saturated carbocycles. The number of methoxy groups -OCH3 is 1. The van der Waals surface area contributed by atoms with Crippen molar-refractivity contribution in [3.8, 4) is 22.6 Å². The summed E-state index contributed by atoms with van der Waals surface area (Å²) in [4.78, 5) is 26.5. The number of amides is 1. The van der Waals surface area contributed by atoms with E-state index in [0.29, 0.717) is 48.9 Å². The van der Waals surface area contributed by atoms with Crippen molar-refractivity contribution in [2.75, 3.05) is 33.4 Å². The van der Waals surface area contributed by atoms with Crippen LogP contribution in [0.1, 0.15) is 5.56 Å². The van der Waals surface area contributed by atoms with Crippen LogP contribution in [0.3, 0.4) is 0 Å². The van der Waals surface area contributed by atoms with Crippen LogP contribution in [0.5, 0.6) is 11.5 Å². The molecule has 3 aromatic rings. The van der Waals surface area contributed by atoms with Crippen LogP contribution < -0.4 is 15.1 Å². The normalized spacial score (nSPS) is 14.1. The lowest BCUT2D eigenvalue weighted by atomic mass is 9.99. The molecule has 1 fully saturated rings. The van der Waals surface area contributed by atoms with Crippen LogP contribution >= 0.6 is 0 Å². The molecule has 1 aliphatic rings. The topological polar surface area (TPSA) is 78.2 Å². The van der Waals surface area contributed by atoms with Gasteiger partial charge in [-0.05, 0) is 42.3 Å². The number of aryl methyl sites for hydroxylation is 1. The molecule has 2 aromatic carbocycles. The fourth-order valence-electron chi connectivity index (χ4n) is 3.40. The molecule has 2 heterocycles. The number of carbonyl (C=O) groups excluding carboxylic acids is 1. The van der Waals surface area contributed by atoms with Crippen molar-refractivity contribution in [1.82, 2.24) is 4.90 Å². The van der Waals surface area contributed by atoms with Gasteiger partial charge in [-0.3, -0.25) is 0 Å². The number of hydrogen-bond donors (Lipinski definition) is 0. The molecular formula is C22H21NO6. The van der Waals surface area contributed by atoms with Crippen molar-refractivity contribution < 1.29 is 23.4 Å². The molecule has 1 aromatic heterocycles. The van der Waals surface area contributed by atoms with Crippen molar-refractivity contribution in [3.63, 3.8) is 0 Å². The first-order chi connectivity index (χ1) is 14.1. The number of nitrogens with zero attached hydrogens (tertiary/aromatic N) is 1. The molecule has 4 rings (SSSR count). The molecule has 0 N–H and O–H groups in total. The fraction of sp³-hybridized carbons (Fsp3) is 0.273. The summed E-state index contributed by atoms with van der Waals surface area (Å²) in [5, 5.41) is 0.779. The van der Waals surface area contributed by atoms with Crippen molar-refractivity contribution in [2.45, 2.75) is 6.92 Å². The highest BCUT2D eigenvalue weighted by molar-refractivity contribution is 5.88. The van der Waals surface area contributed by atoms with Gasteiger partial charge in [0.25, 0.3) is 0 Å². The summed E-state index contributed by atoms with van der Waals surface area (Å²) in [5.74, 6) is 1.04. The molecule has 1 aliphatic heterocycles. The highest BCUT2D eigenvalue weighted by Gasteiger charge is 2.20. The van der Waals surface area contributed by atoms with Gasteiger partial charge in [0.1, 0.15) is 17.1 Å². The van der Waals surface area contributed by atoms with Crippen LogP contribution in [0.2, 0.25) is 0 Å². The van der Waals surface area contributed by atoms with E-state index in [9.17, 15) is 9.59 Å². The summed E-state index contributed by atoms with van der Waals surface area (Å²) in [6.45, 7) is 3.85. The Hall–Kier alpha value is -3.32. The third-order valence-corrected chi connectivity index (χ3v) is 4.99. The van der Waals surface area contributed by atoms with Crippen molar-refractivity contribution in [2.24, 2.45) is 0 Å². The van der Waals surface area contributed by atoms with Crippen LogP contribution in [-0.2, 0) is 4.74 Å². The number of benzene rings is 2. The van der Waals surface area contributed by atoms with E-state index in [4.69, 9.17) is 18.6 Å². The van der Waals surface area contributed by atoms with E-state index in [2.05, 4.69) is 0 Å². The zero-order chi connectivity index (χ0) is 20.4. The average molecular weight is 395 g/mol. The molecule has 7 nitrogen and oxygen atoms in total. The molecule has 0 atom stereocenters. The Bertz CT molecular complexity index is 1100. The zero-order valence-corrected chi connectivity index (χ0v) is 16.3. The van der Waals surface area contributed by atoms with Gasteiger partial charge < -0.3 is 23.5 Å². The molecule has 1 saturated heterocycles. The summed E-state index contributed by atoms with van der Waals surface area (Å²) >= 11 is 0. The maximum absolute atomic E-state index is 12.7. The SMILES string of the molecule is COc1ccc(-c2c(C)c3ccc(OC(=O)N4CCOCC4)cc3oc2=O)cc1. The number of rotatable bonds is 3. The van der Waals surface area contributed by atoms with Gasteiger partial charge in [-0.2, -0.15) is 0 Å². The third-order valence-electron chi connectivity index (χ3n) is 4.99. The van der Waals surface area contributed by atoms with Crippen LogP contribution in [0.4, 0.5) is 4.79 Å². The van der Waals surface area contributed by atoms with Gasteiger partial charge in [0.05, 0.1) is 25.9 Å². The minimum absolute atomic E-state index is 0.328. The predicted molar refractivity (Wildman–Crippen MR) is 108 cm³/mol. The predicted octanol–water partition coefficient (Wildman–Crippen LogP) is 3.61. The van der Waals surface area contributed by atoms with E-state index < -0.39 is 11.7 Å². The molecule has 0 bridgehead atoms. The van der Waals surface area contributed by atoms with Crippen LogP contribution in [0.15, 0.2) is 51.7 Å². The van der Waals surface area contributed by atoms with E-state index >= 15 is 0 Å². The molecule has 0 spiro atoms. The second-order valence-electron chi connectivity index (χ2n) is 6.74. The Kier molecular flexibility index (Phi) is 5.22. The van der Waals surface area contributed by atoms with Gasteiger partial charge in [0.2, 0.25) is 0 Å². The highest BCUT2D eigenvalue weighted by atomic mass is 16.6. The molecule has 0 radical (unpaired) electrons. The van der Waals surface area contributed by atoms with Gasteiger partial charge in [-0.15, -0.1) is 0 Å². The quantitative estimate of drug-likeness (QED) is 0.631. The van der Waals surface area contributed by atoms with Gasteiger partial charge >= 0.3 is 11.7 Å². The molecule has 0 unspecified atom stereocenters. The number of morpholine rings is 1. The standard InChI is InChI=1S/C22H21NO6/c1-14-18-8-7-17(28-22(25)23-9-11-27-12-10-23)13-19(18)29-21(24)20(14)15-3-5-16(26-2)6-4-15/h3-8,13H,9-12H2,1-2H3. The summed E-state index contributed by atoms with van der Waals surface area (Å²) in [7, 11) is 1.59. The largest absolute Gasteiger partial charge is 0.497 e. The number of hydrogen-bond acceptors (Lipinski definition) is 6. The molecular weight excluding hydrogens is 374 g/mol. The lowest BCUT2D eigenvalue weighted by Gasteiger charge is -2.25. The zero-order valence-electron chi connectivity index (χ0n) is 16.3. The minimum atomic E-state index is -0.447. The van der Waals surface area contributed by atoms with Gasteiger partial charge in [-0.1, -0.05) is 12.1 Å². The highest BCUT2D eigenvalue weighted by Crippen LogP contribution is 2.30. The Morgan fingerprint density at radius 1 is 1.03 bits per heavy atom. The maximum Gasteiger partial charge on any atom is 0.415 e. The lowest BCUT2D eigenvalue weighted by Crippen LogP contribution is -2.42. The van der Waals surface area contributed by atoms with Crippen molar-refractivity contribution in [1.29, 1.82) is 0 Å². The molecule has 150 valence electrons. The Morgan fingerprint density at radius 3 is 2.41 bits per heavy atom. The summed E-state index contributed by atoms with van der Waals surface area (Å²) in [6.07, 6.45) is -0.443. The molecule has 0 aliphatic carbocycles. The van der Waals surface area contributed by atoms with Crippen LogP contribution in [0, 0.1) is 6.92 Å². The van der Waals surface area contributed by atoms with Crippen molar-refractivity contribution in [3.05, 3.63) is 58.4 Å². The van der Waals surface area contributed by atoms with Gasteiger partial charge in [0, 0.05) is 24.5 Å². The van der Waals surface area contributed by atoms with Gasteiger partial charge in [0.15, 0.2) is 0 Å². The molecule has 29 heavy (non-hydrogen) atoms. The second kappa shape index (κ2) is 7.97. The monoisotopic (exact) mass is 395 g/mol. The minimum Gasteiger partial charge on any atom is -0.497 e. The first-order valence-electron chi connectivity index (χ1n) is 9.33. The van der Waals surface area contributed by atoms with Crippen LogP contribution in [-0.4, -0.2) is 44.4 Å². The Balaban J connectivity index is 1.66. The van der Waals surface area contributed by atoms with Crippen molar-refractivity contribution >= 4 is 17.1 Å². The van der Waals surface area contributed by atoms with E-state index in [0.717, 1.165) is 16.5 Å². The summed E-state index contributed by atoms with van der Waals surface area (Å²) < 4.78 is 21.4. The fourth-order valence-corrected chi connectivity index (χ4v) is 3.40. The second-order valence-corrected chi connectivity index (χ2v) is 6.74. The molecule has 1 amide bonds. The first kappa shape index (κ1) is 19.0. The molecule has 7 heteroatoms. The van der Waals surface area contributed by atoms with E-state index in [1.54, 1.807) is 42.3 Å². The van der Waals surface area contributed by atoms with E-state index in [1.807, 2.05) is 19.1 Å². The van der Waals surface area contributed by atoms with E-state index in [-0.39, 0.29) is 0 Å². The number of ether oxygens (including phenoxy) is 3. The van der Waals surface area contributed by atoms with E-state index in [1.165, 1.54) is 0 Å². The average Bonchev–Trinajstić information content (AvgIpc) is 2.74. The third kappa shape index (κ3) is 3.82. The smallest absolute Gasteiger partial charge is 0.415 e. The number of carbonyl (C=O) groups is 1. The van der Waals surface area contributed by atoms with Gasteiger partial charge in [-0.25, -0.2) is 9.59 Å².